The second-order valence-corrected chi connectivity index (χ2v) is 5.53. The van der Waals surface area contributed by atoms with Crippen LogP contribution in [0, 0.1) is 0 Å². The number of carbonyl (C=O) groups is 1. The van der Waals surface area contributed by atoms with Crippen LogP contribution in [-0.4, -0.2) is 31.2 Å². The van der Waals surface area contributed by atoms with Crippen LogP contribution in [0.15, 0.2) is 18.2 Å². The Bertz CT molecular complexity index is 461. The first-order valence-electron chi connectivity index (χ1n) is 6.85. The van der Waals surface area contributed by atoms with E-state index in [4.69, 9.17) is 16.3 Å². The molecule has 1 aromatic rings. The Hall–Kier alpha value is -1.26. The van der Waals surface area contributed by atoms with E-state index in [0.717, 1.165) is 12.2 Å². The number of amides is 1. The van der Waals surface area contributed by atoms with Gasteiger partial charge < -0.3 is 15.4 Å². The van der Waals surface area contributed by atoms with Crippen molar-refractivity contribution < 1.29 is 9.53 Å². The van der Waals surface area contributed by atoms with Crippen molar-refractivity contribution in [3.05, 3.63) is 28.8 Å². The summed E-state index contributed by atoms with van der Waals surface area (Å²) in [6, 6.07) is 5.25. The van der Waals surface area contributed by atoms with Gasteiger partial charge in [-0.05, 0) is 45.9 Å². The summed E-state index contributed by atoms with van der Waals surface area (Å²) in [5, 5.41) is 6.59. The largest absolute Gasteiger partial charge is 0.385 e. The number of halogens is 1. The number of hydrogen-bond acceptors (Lipinski definition) is 3. The van der Waals surface area contributed by atoms with Crippen molar-refractivity contribution in [1.82, 2.24) is 5.32 Å². The van der Waals surface area contributed by atoms with E-state index in [1.54, 1.807) is 12.1 Å². The van der Waals surface area contributed by atoms with Gasteiger partial charge in [0.2, 0.25) is 0 Å². The molecule has 0 radical (unpaired) electrons. The molecule has 0 aliphatic carbocycles. The molecule has 0 aromatic heterocycles. The molecule has 0 heterocycles. The van der Waals surface area contributed by atoms with Crippen molar-refractivity contribution in [2.24, 2.45) is 0 Å². The fourth-order valence-electron chi connectivity index (χ4n) is 1.88. The van der Waals surface area contributed by atoms with Gasteiger partial charge >= 0.3 is 0 Å². The van der Waals surface area contributed by atoms with Crippen molar-refractivity contribution in [1.29, 1.82) is 0 Å². The third kappa shape index (κ3) is 5.02. The Morgan fingerprint density at radius 1 is 1.35 bits per heavy atom. The molecule has 1 amide bonds. The van der Waals surface area contributed by atoms with Crippen LogP contribution in [-0.2, 0) is 4.74 Å². The summed E-state index contributed by atoms with van der Waals surface area (Å²) in [5.74, 6) is -0.156. The Morgan fingerprint density at radius 2 is 2.05 bits per heavy atom. The third-order valence-electron chi connectivity index (χ3n) is 2.80. The minimum absolute atomic E-state index is 0.156. The summed E-state index contributed by atoms with van der Waals surface area (Å²) in [6.07, 6.45) is 0. The van der Waals surface area contributed by atoms with Gasteiger partial charge in [0.15, 0.2) is 0 Å². The molecule has 1 aromatic carbocycles. The fourth-order valence-corrected chi connectivity index (χ4v) is 2.05. The molecule has 0 atom stereocenters. The minimum Gasteiger partial charge on any atom is -0.385 e. The van der Waals surface area contributed by atoms with Gasteiger partial charge in [-0.15, -0.1) is 0 Å². The molecule has 5 heteroatoms. The fraction of sp³-hybridized carbons (Fsp3) is 0.533. The molecule has 112 valence electrons. The van der Waals surface area contributed by atoms with Gasteiger partial charge in [0.25, 0.3) is 5.91 Å². The predicted molar refractivity (Wildman–Crippen MR) is 83.7 cm³/mol. The summed E-state index contributed by atoms with van der Waals surface area (Å²) in [6.45, 7) is 9.60. The number of benzene rings is 1. The average Bonchev–Trinajstić information content (AvgIpc) is 2.38. The van der Waals surface area contributed by atoms with Crippen LogP contribution in [0.3, 0.4) is 0 Å². The number of rotatable bonds is 7. The highest BCUT2D eigenvalue weighted by molar-refractivity contribution is 6.31. The van der Waals surface area contributed by atoms with Crippen LogP contribution >= 0.6 is 11.6 Å². The second kappa shape index (κ2) is 7.50. The minimum atomic E-state index is -0.388. The van der Waals surface area contributed by atoms with E-state index in [1.807, 2.05) is 33.8 Å². The van der Waals surface area contributed by atoms with Gasteiger partial charge in [-0.1, -0.05) is 11.6 Å². The lowest BCUT2D eigenvalue weighted by molar-refractivity contribution is -0.00814. The maximum Gasteiger partial charge on any atom is 0.253 e. The van der Waals surface area contributed by atoms with Gasteiger partial charge in [0.1, 0.15) is 0 Å². The number of hydrogen-bond donors (Lipinski definition) is 2. The second-order valence-electron chi connectivity index (χ2n) is 5.10. The Labute approximate surface area is 125 Å². The third-order valence-corrected chi connectivity index (χ3v) is 3.04. The highest BCUT2D eigenvalue weighted by atomic mass is 35.5. The summed E-state index contributed by atoms with van der Waals surface area (Å²) >= 11 is 5.97. The van der Waals surface area contributed by atoms with Crippen LogP contribution in [0.4, 0.5) is 5.69 Å². The van der Waals surface area contributed by atoms with Crippen LogP contribution in [0.25, 0.3) is 0 Å². The van der Waals surface area contributed by atoms with E-state index in [0.29, 0.717) is 23.7 Å². The van der Waals surface area contributed by atoms with Gasteiger partial charge in [-0.3, -0.25) is 4.79 Å². The Morgan fingerprint density at radius 3 is 2.65 bits per heavy atom. The molecule has 0 aliphatic heterocycles. The smallest absolute Gasteiger partial charge is 0.253 e. The summed E-state index contributed by atoms with van der Waals surface area (Å²) in [7, 11) is 0. The van der Waals surface area contributed by atoms with E-state index >= 15 is 0 Å². The van der Waals surface area contributed by atoms with Gasteiger partial charge in [0.05, 0.1) is 11.2 Å². The van der Waals surface area contributed by atoms with Gasteiger partial charge in [0, 0.05) is 30.4 Å². The molecule has 2 N–H and O–H groups in total. The number of nitrogens with one attached hydrogen (secondary N) is 2. The quantitative estimate of drug-likeness (QED) is 0.812. The Kier molecular flexibility index (Phi) is 6.30. The highest BCUT2D eigenvalue weighted by Crippen LogP contribution is 2.21. The zero-order valence-corrected chi connectivity index (χ0v) is 13.3. The van der Waals surface area contributed by atoms with Gasteiger partial charge in [-0.2, -0.15) is 0 Å². The van der Waals surface area contributed by atoms with E-state index in [1.165, 1.54) is 0 Å². The predicted octanol–water partition coefficient (Wildman–Crippen LogP) is 3.32. The van der Waals surface area contributed by atoms with Crippen molar-refractivity contribution in [2.45, 2.75) is 33.3 Å². The lowest BCUT2D eigenvalue weighted by Crippen LogP contribution is -2.40. The van der Waals surface area contributed by atoms with Crippen molar-refractivity contribution >= 4 is 23.2 Å². The maximum atomic E-state index is 12.3. The molecular weight excluding hydrogens is 276 g/mol. The van der Waals surface area contributed by atoms with Gasteiger partial charge in [-0.25, -0.2) is 0 Å². The molecule has 0 bridgehead atoms. The van der Waals surface area contributed by atoms with E-state index in [2.05, 4.69) is 10.6 Å². The standard InChI is InChI=1S/C15H23ClN2O2/c1-5-17-13-8-7-11(16)9-12(13)14(19)18-10-15(3,4)20-6-2/h7-9,17H,5-6,10H2,1-4H3,(H,18,19). The molecular formula is C15H23ClN2O2. The van der Waals surface area contributed by atoms with Crippen LogP contribution in [0.2, 0.25) is 5.02 Å². The number of anilines is 1. The molecule has 0 aliphatic rings. The summed E-state index contributed by atoms with van der Waals surface area (Å²) in [5.41, 5.74) is 0.941. The van der Waals surface area contributed by atoms with E-state index in [9.17, 15) is 4.79 Å². The molecule has 0 saturated carbocycles. The first-order chi connectivity index (χ1) is 9.39. The maximum absolute atomic E-state index is 12.3. The first kappa shape index (κ1) is 16.8. The van der Waals surface area contributed by atoms with Crippen molar-refractivity contribution in [3.63, 3.8) is 0 Å². The van der Waals surface area contributed by atoms with Crippen LogP contribution in [0.1, 0.15) is 38.1 Å². The Balaban J connectivity index is 2.79. The molecule has 0 saturated heterocycles. The van der Waals surface area contributed by atoms with E-state index < -0.39 is 0 Å². The SMILES string of the molecule is CCNc1ccc(Cl)cc1C(=O)NCC(C)(C)OCC. The summed E-state index contributed by atoms with van der Waals surface area (Å²) < 4.78 is 5.56. The molecule has 0 fully saturated rings. The zero-order valence-electron chi connectivity index (χ0n) is 12.5. The van der Waals surface area contributed by atoms with Crippen molar-refractivity contribution in [2.75, 3.05) is 25.0 Å². The zero-order chi connectivity index (χ0) is 15.2. The molecule has 0 spiro atoms. The molecule has 4 nitrogen and oxygen atoms in total. The van der Waals surface area contributed by atoms with E-state index in [-0.39, 0.29) is 11.5 Å². The first-order valence-corrected chi connectivity index (χ1v) is 7.23. The lowest BCUT2D eigenvalue weighted by Gasteiger charge is -2.25. The monoisotopic (exact) mass is 298 g/mol. The van der Waals surface area contributed by atoms with Crippen LogP contribution in [0.5, 0.6) is 0 Å². The molecule has 0 unspecified atom stereocenters. The number of ether oxygens (including phenoxy) is 1. The highest BCUT2D eigenvalue weighted by Gasteiger charge is 2.20. The average molecular weight is 299 g/mol. The molecule has 1 rings (SSSR count). The number of carbonyl (C=O) groups excluding carboxylic acids is 1. The van der Waals surface area contributed by atoms with Crippen LogP contribution < -0.4 is 10.6 Å². The topological polar surface area (TPSA) is 50.4 Å². The summed E-state index contributed by atoms with van der Waals surface area (Å²) in [4.78, 5) is 12.3. The normalized spacial score (nSPS) is 11.2. The molecule has 20 heavy (non-hydrogen) atoms. The van der Waals surface area contributed by atoms with Crippen molar-refractivity contribution in [3.8, 4) is 0 Å². The lowest BCUT2D eigenvalue weighted by atomic mass is 10.1.